The predicted octanol–water partition coefficient (Wildman–Crippen LogP) is 5.33. The summed E-state index contributed by atoms with van der Waals surface area (Å²) in [5.41, 5.74) is 5.78. The average Bonchev–Trinajstić information content (AvgIpc) is 3.35. The molecule has 5 aromatic rings. The number of hydrogen-bond donors (Lipinski definition) is 3. The van der Waals surface area contributed by atoms with Crippen molar-refractivity contribution in [3.63, 3.8) is 0 Å². The van der Waals surface area contributed by atoms with Crippen LogP contribution in [0.15, 0.2) is 61.2 Å². The van der Waals surface area contributed by atoms with Gasteiger partial charge in [0.25, 0.3) is 0 Å². The number of H-pyrrole nitrogens is 1. The van der Waals surface area contributed by atoms with E-state index < -0.39 is 0 Å². The Morgan fingerprint density at radius 1 is 1.00 bits per heavy atom. The molecule has 2 aromatic carbocycles. The molecule has 0 unspecified atom stereocenters. The lowest BCUT2D eigenvalue weighted by Crippen LogP contribution is -2.08. The van der Waals surface area contributed by atoms with Crippen LogP contribution >= 0.6 is 11.9 Å². The summed E-state index contributed by atoms with van der Waals surface area (Å²) >= 11 is 1.59. The van der Waals surface area contributed by atoms with E-state index in [0.29, 0.717) is 5.95 Å². The number of benzene rings is 2. The highest BCUT2D eigenvalue weighted by atomic mass is 32.2. The summed E-state index contributed by atoms with van der Waals surface area (Å²) < 4.78 is 3.26. The third-order valence-electron chi connectivity index (χ3n) is 4.94. The minimum atomic E-state index is 0.623. The van der Waals surface area contributed by atoms with Crippen molar-refractivity contribution in [2.45, 2.75) is 20.3 Å². The van der Waals surface area contributed by atoms with Crippen LogP contribution in [-0.4, -0.2) is 42.9 Å². The van der Waals surface area contributed by atoms with Crippen molar-refractivity contribution in [2.24, 2.45) is 0 Å². The van der Waals surface area contributed by atoms with E-state index in [1.165, 1.54) is 11.9 Å². The highest BCUT2D eigenvalue weighted by Crippen LogP contribution is 2.27. The van der Waals surface area contributed by atoms with Gasteiger partial charge in [-0.05, 0) is 36.2 Å². The quantitative estimate of drug-likeness (QED) is 0.281. The molecular formula is C24H26N8S. The van der Waals surface area contributed by atoms with Crippen molar-refractivity contribution >= 4 is 45.5 Å². The van der Waals surface area contributed by atoms with Crippen molar-refractivity contribution in [3.05, 3.63) is 66.7 Å². The van der Waals surface area contributed by atoms with Crippen LogP contribution in [0.4, 0.5) is 11.6 Å². The van der Waals surface area contributed by atoms with Gasteiger partial charge in [0.15, 0.2) is 5.65 Å². The van der Waals surface area contributed by atoms with Gasteiger partial charge in [0.2, 0.25) is 5.95 Å². The molecule has 3 N–H and O–H groups in total. The van der Waals surface area contributed by atoms with Crippen molar-refractivity contribution < 1.29 is 0 Å². The van der Waals surface area contributed by atoms with Crippen LogP contribution in [-0.2, 0) is 6.42 Å². The van der Waals surface area contributed by atoms with E-state index in [0.717, 1.165) is 51.8 Å². The van der Waals surface area contributed by atoms with Crippen LogP contribution in [0, 0.1) is 0 Å². The molecule has 33 heavy (non-hydrogen) atoms. The summed E-state index contributed by atoms with van der Waals surface area (Å²) in [5, 5.41) is 12.1. The molecule has 3 aromatic heterocycles. The largest absolute Gasteiger partial charge is 0.354 e. The third kappa shape index (κ3) is 5.20. The number of anilines is 2. The molecule has 0 spiro atoms. The Hall–Kier alpha value is -3.72. The Bertz CT molecular complexity index is 1350. The van der Waals surface area contributed by atoms with E-state index in [1.807, 2.05) is 44.5 Å². The number of hydrogen-bond acceptors (Lipinski definition) is 8. The standard InChI is InChI=1S/C22H20N8S.C2H6/c1-31-30-17-4-2-3-14(9-17)7-8-23-22-24-11-16-10-15(5-6-19(16)28-22)20-18-12-27-29-21(18)26-13-25-20;1-2/h2-6,9-13,30H,7-8H2,1H3,(H,23,24,28)(H,25,26,27,29);1-2H3. The van der Waals surface area contributed by atoms with E-state index in [-0.39, 0.29) is 0 Å². The van der Waals surface area contributed by atoms with Gasteiger partial charge in [-0.3, -0.25) is 5.10 Å². The molecular weight excluding hydrogens is 432 g/mol. The van der Waals surface area contributed by atoms with Crippen LogP contribution in [0.5, 0.6) is 0 Å². The Morgan fingerprint density at radius 2 is 1.91 bits per heavy atom. The zero-order chi connectivity index (χ0) is 23.0. The Morgan fingerprint density at radius 3 is 2.79 bits per heavy atom. The van der Waals surface area contributed by atoms with Gasteiger partial charge in [-0.25, -0.2) is 19.9 Å². The van der Waals surface area contributed by atoms with Crippen molar-refractivity contribution in [1.82, 2.24) is 30.1 Å². The van der Waals surface area contributed by atoms with Crippen molar-refractivity contribution in [1.29, 1.82) is 0 Å². The number of aromatic amines is 1. The van der Waals surface area contributed by atoms with E-state index in [4.69, 9.17) is 0 Å². The van der Waals surface area contributed by atoms with E-state index in [2.05, 4.69) is 64.4 Å². The first-order valence-electron chi connectivity index (χ1n) is 10.8. The van der Waals surface area contributed by atoms with Gasteiger partial charge in [-0.1, -0.05) is 44.0 Å². The van der Waals surface area contributed by atoms with Crippen molar-refractivity contribution in [3.8, 4) is 11.3 Å². The maximum absolute atomic E-state index is 4.65. The lowest BCUT2D eigenvalue weighted by molar-refractivity contribution is 0.991. The lowest BCUT2D eigenvalue weighted by atomic mass is 10.1. The first-order chi connectivity index (χ1) is 16.3. The first-order valence-corrected chi connectivity index (χ1v) is 12.1. The molecule has 0 saturated heterocycles. The molecule has 0 aliphatic carbocycles. The molecule has 0 radical (unpaired) electrons. The first kappa shape index (κ1) is 22.5. The molecule has 168 valence electrons. The average molecular weight is 459 g/mol. The maximum atomic E-state index is 4.65. The number of nitrogens with zero attached hydrogens (tertiary/aromatic N) is 5. The SMILES string of the molecule is CC.CSNc1cccc(CCNc2ncc3cc(-c4ncnc5[nH]ncc45)ccc3n2)c1. The molecule has 8 nitrogen and oxygen atoms in total. The van der Waals surface area contributed by atoms with Crippen LogP contribution in [0.1, 0.15) is 19.4 Å². The zero-order valence-electron chi connectivity index (χ0n) is 18.8. The van der Waals surface area contributed by atoms with Gasteiger partial charge in [-0.15, -0.1) is 0 Å². The van der Waals surface area contributed by atoms with Gasteiger partial charge in [0.05, 0.1) is 22.8 Å². The number of rotatable bonds is 7. The van der Waals surface area contributed by atoms with E-state index in [1.54, 1.807) is 18.1 Å². The second-order valence-corrected chi connectivity index (χ2v) is 7.62. The van der Waals surface area contributed by atoms with E-state index >= 15 is 0 Å². The van der Waals surface area contributed by atoms with Crippen LogP contribution < -0.4 is 10.0 Å². The highest BCUT2D eigenvalue weighted by Gasteiger charge is 2.09. The predicted molar refractivity (Wildman–Crippen MR) is 137 cm³/mol. The van der Waals surface area contributed by atoms with Crippen molar-refractivity contribution in [2.75, 3.05) is 22.8 Å². The number of aromatic nitrogens is 6. The number of nitrogens with one attached hydrogen (secondary N) is 3. The molecule has 0 aliphatic rings. The smallest absolute Gasteiger partial charge is 0.223 e. The molecule has 0 atom stereocenters. The molecule has 9 heteroatoms. The second-order valence-electron chi connectivity index (χ2n) is 7.01. The van der Waals surface area contributed by atoms with Crippen LogP contribution in [0.3, 0.4) is 0 Å². The summed E-state index contributed by atoms with van der Waals surface area (Å²) in [6.45, 7) is 4.76. The molecule has 0 bridgehead atoms. The summed E-state index contributed by atoms with van der Waals surface area (Å²) in [4.78, 5) is 17.8. The highest BCUT2D eigenvalue weighted by molar-refractivity contribution is 7.99. The fourth-order valence-corrected chi connectivity index (χ4v) is 3.85. The third-order valence-corrected chi connectivity index (χ3v) is 5.38. The fraction of sp³-hybridized carbons (Fsp3) is 0.208. The van der Waals surface area contributed by atoms with Crippen LogP contribution in [0.25, 0.3) is 33.2 Å². The minimum Gasteiger partial charge on any atom is -0.354 e. The molecule has 0 saturated carbocycles. The number of fused-ring (bicyclic) bond motifs is 2. The van der Waals surface area contributed by atoms with Gasteiger partial charge >= 0.3 is 0 Å². The molecule has 3 heterocycles. The maximum Gasteiger partial charge on any atom is 0.223 e. The zero-order valence-corrected chi connectivity index (χ0v) is 19.6. The molecule has 0 aliphatic heterocycles. The lowest BCUT2D eigenvalue weighted by Gasteiger charge is -2.08. The molecule has 0 fully saturated rings. The summed E-state index contributed by atoms with van der Waals surface area (Å²) in [6, 6.07) is 14.4. The Labute approximate surface area is 196 Å². The molecule has 5 rings (SSSR count). The van der Waals surface area contributed by atoms with Gasteiger partial charge in [0, 0.05) is 35.6 Å². The summed E-state index contributed by atoms with van der Waals surface area (Å²) in [6.07, 6.45) is 8.02. The normalized spacial score (nSPS) is 10.6. The summed E-state index contributed by atoms with van der Waals surface area (Å²) in [7, 11) is 0. The van der Waals surface area contributed by atoms with Crippen LogP contribution in [0.2, 0.25) is 0 Å². The van der Waals surface area contributed by atoms with E-state index in [9.17, 15) is 0 Å². The van der Waals surface area contributed by atoms with Gasteiger partial charge < -0.3 is 10.0 Å². The minimum absolute atomic E-state index is 0.623. The monoisotopic (exact) mass is 458 g/mol. The Balaban J connectivity index is 0.00000126. The Kier molecular flexibility index (Phi) is 7.31. The van der Waals surface area contributed by atoms with Gasteiger partial charge in [-0.2, -0.15) is 5.10 Å². The van der Waals surface area contributed by atoms with Gasteiger partial charge in [0.1, 0.15) is 6.33 Å². The fourth-order valence-electron chi connectivity index (χ4n) is 3.49. The summed E-state index contributed by atoms with van der Waals surface area (Å²) in [5.74, 6) is 0.623. The second kappa shape index (κ2) is 10.7. The topological polar surface area (TPSA) is 104 Å². The molecule has 0 amide bonds.